The van der Waals surface area contributed by atoms with E-state index in [0.717, 1.165) is 16.9 Å². The van der Waals surface area contributed by atoms with Crippen molar-refractivity contribution in [2.75, 3.05) is 6.61 Å². The Kier molecular flexibility index (Phi) is 6.19. The number of carbonyl (C=O) groups is 1. The minimum atomic E-state index is 0.00204. The first-order valence-electron chi connectivity index (χ1n) is 7.62. The van der Waals surface area contributed by atoms with Gasteiger partial charge in [0.25, 0.3) is 0 Å². The van der Waals surface area contributed by atoms with Gasteiger partial charge in [-0.15, -0.1) is 0 Å². The van der Waals surface area contributed by atoms with Crippen LogP contribution in [0.25, 0.3) is 0 Å². The van der Waals surface area contributed by atoms with Crippen molar-refractivity contribution in [3.63, 3.8) is 0 Å². The number of nitriles is 1. The molecule has 0 aliphatic carbocycles. The van der Waals surface area contributed by atoms with Gasteiger partial charge in [0, 0.05) is 13.0 Å². The number of amides is 1. The Labute approximate surface area is 136 Å². The summed E-state index contributed by atoms with van der Waals surface area (Å²) in [5, 5.41) is 11.6. The van der Waals surface area contributed by atoms with Crippen molar-refractivity contribution < 1.29 is 9.53 Å². The summed E-state index contributed by atoms with van der Waals surface area (Å²) in [7, 11) is 0. The second kappa shape index (κ2) is 8.60. The Hall–Kier alpha value is -2.80. The van der Waals surface area contributed by atoms with Gasteiger partial charge in [-0.2, -0.15) is 5.26 Å². The number of aryl methyl sites for hydroxylation is 1. The van der Waals surface area contributed by atoms with Crippen molar-refractivity contribution in [1.82, 2.24) is 5.32 Å². The van der Waals surface area contributed by atoms with E-state index in [9.17, 15) is 4.79 Å². The topological polar surface area (TPSA) is 62.1 Å². The molecule has 118 valence electrons. The van der Waals surface area contributed by atoms with Gasteiger partial charge in [-0.1, -0.05) is 24.3 Å². The van der Waals surface area contributed by atoms with E-state index in [1.807, 2.05) is 43.3 Å². The second-order valence-electron chi connectivity index (χ2n) is 5.35. The van der Waals surface area contributed by atoms with E-state index in [-0.39, 0.29) is 5.91 Å². The zero-order valence-corrected chi connectivity index (χ0v) is 13.2. The van der Waals surface area contributed by atoms with Gasteiger partial charge in [-0.05, 0) is 48.7 Å². The van der Waals surface area contributed by atoms with Crippen LogP contribution in [-0.4, -0.2) is 12.5 Å². The van der Waals surface area contributed by atoms with E-state index in [1.165, 1.54) is 0 Å². The predicted molar refractivity (Wildman–Crippen MR) is 88.9 cm³/mol. The molecule has 0 aliphatic heterocycles. The maximum Gasteiger partial charge on any atom is 0.220 e. The number of hydrogen-bond donors (Lipinski definition) is 1. The minimum absolute atomic E-state index is 0.00204. The highest BCUT2D eigenvalue weighted by molar-refractivity contribution is 5.75. The van der Waals surface area contributed by atoms with Crippen LogP contribution >= 0.6 is 0 Å². The van der Waals surface area contributed by atoms with Gasteiger partial charge in [0.05, 0.1) is 18.2 Å². The van der Waals surface area contributed by atoms with E-state index in [1.54, 1.807) is 12.1 Å². The molecule has 23 heavy (non-hydrogen) atoms. The molecular formula is C19H20N2O2. The monoisotopic (exact) mass is 308 g/mol. The Morgan fingerprint density at radius 3 is 2.70 bits per heavy atom. The third-order valence-corrected chi connectivity index (χ3v) is 3.38. The third-order valence-electron chi connectivity index (χ3n) is 3.38. The van der Waals surface area contributed by atoms with Crippen molar-refractivity contribution >= 4 is 5.91 Å². The molecule has 0 bridgehead atoms. The van der Waals surface area contributed by atoms with Crippen molar-refractivity contribution in [2.24, 2.45) is 0 Å². The summed E-state index contributed by atoms with van der Waals surface area (Å²) in [4.78, 5) is 11.8. The van der Waals surface area contributed by atoms with E-state index >= 15 is 0 Å². The van der Waals surface area contributed by atoms with E-state index in [0.29, 0.717) is 31.6 Å². The molecule has 0 saturated heterocycles. The lowest BCUT2D eigenvalue weighted by Gasteiger charge is -2.08. The highest BCUT2D eigenvalue weighted by Crippen LogP contribution is 2.12. The molecule has 4 nitrogen and oxygen atoms in total. The van der Waals surface area contributed by atoms with Crippen molar-refractivity contribution in [3.8, 4) is 11.8 Å². The van der Waals surface area contributed by atoms with Gasteiger partial charge in [0.2, 0.25) is 5.91 Å². The average molecular weight is 308 g/mol. The van der Waals surface area contributed by atoms with Crippen LogP contribution in [0.4, 0.5) is 0 Å². The molecule has 0 fully saturated rings. The first kappa shape index (κ1) is 16.6. The minimum Gasteiger partial charge on any atom is -0.494 e. The van der Waals surface area contributed by atoms with Gasteiger partial charge in [-0.25, -0.2) is 0 Å². The molecule has 4 heteroatoms. The highest BCUT2D eigenvalue weighted by Gasteiger charge is 2.02. The van der Waals surface area contributed by atoms with Gasteiger partial charge in [-0.3, -0.25) is 4.79 Å². The van der Waals surface area contributed by atoms with E-state index in [4.69, 9.17) is 10.00 Å². The van der Waals surface area contributed by atoms with Gasteiger partial charge < -0.3 is 10.1 Å². The van der Waals surface area contributed by atoms with Crippen LogP contribution in [0.1, 0.15) is 29.5 Å². The standard InChI is InChI=1S/C19H20N2O2/c1-15-4-2-5-18(12-15)23-11-3-6-19(22)21-14-17-9-7-16(13-20)8-10-17/h2,4-5,7-10,12H,3,6,11,14H2,1H3,(H,21,22). The maximum atomic E-state index is 11.8. The van der Waals surface area contributed by atoms with E-state index in [2.05, 4.69) is 11.4 Å². The number of nitrogens with zero attached hydrogens (tertiary/aromatic N) is 1. The Morgan fingerprint density at radius 1 is 1.22 bits per heavy atom. The molecule has 0 unspecified atom stereocenters. The van der Waals surface area contributed by atoms with Crippen LogP contribution in [0.15, 0.2) is 48.5 Å². The number of rotatable bonds is 7. The number of nitrogens with one attached hydrogen (secondary N) is 1. The summed E-state index contributed by atoms with van der Waals surface area (Å²) in [6, 6.07) is 17.1. The molecule has 1 amide bonds. The Balaban J connectivity index is 1.64. The highest BCUT2D eigenvalue weighted by atomic mass is 16.5. The summed E-state index contributed by atoms with van der Waals surface area (Å²) < 4.78 is 5.61. The quantitative estimate of drug-likeness (QED) is 0.798. The van der Waals surface area contributed by atoms with E-state index < -0.39 is 0 Å². The SMILES string of the molecule is Cc1cccc(OCCCC(=O)NCc2ccc(C#N)cc2)c1. The molecular weight excluding hydrogens is 288 g/mol. The van der Waals surface area contributed by atoms with Crippen LogP contribution in [0.3, 0.4) is 0 Å². The van der Waals surface area contributed by atoms with Crippen LogP contribution in [0.5, 0.6) is 5.75 Å². The lowest BCUT2D eigenvalue weighted by atomic mass is 10.1. The number of carbonyl (C=O) groups excluding carboxylic acids is 1. The summed E-state index contributed by atoms with van der Waals surface area (Å²) in [5.74, 6) is 0.838. The first-order valence-corrected chi connectivity index (χ1v) is 7.62. The third kappa shape index (κ3) is 5.84. The zero-order chi connectivity index (χ0) is 16.5. The summed E-state index contributed by atoms with van der Waals surface area (Å²) in [6.07, 6.45) is 1.11. The Bertz CT molecular complexity index is 687. The van der Waals surface area contributed by atoms with Crippen molar-refractivity contribution in [1.29, 1.82) is 5.26 Å². The summed E-state index contributed by atoms with van der Waals surface area (Å²) in [6.45, 7) is 3.01. The normalized spacial score (nSPS) is 9.91. The fourth-order valence-electron chi connectivity index (χ4n) is 2.11. The molecule has 2 aromatic carbocycles. The molecule has 0 aliphatic rings. The molecule has 1 N–H and O–H groups in total. The molecule has 0 heterocycles. The molecule has 0 radical (unpaired) electrons. The van der Waals surface area contributed by atoms with Crippen molar-refractivity contribution in [3.05, 3.63) is 65.2 Å². The second-order valence-corrected chi connectivity index (χ2v) is 5.35. The van der Waals surface area contributed by atoms with Gasteiger partial charge >= 0.3 is 0 Å². The smallest absolute Gasteiger partial charge is 0.220 e. The molecule has 0 spiro atoms. The fourth-order valence-corrected chi connectivity index (χ4v) is 2.11. The number of benzene rings is 2. The summed E-state index contributed by atoms with van der Waals surface area (Å²) >= 11 is 0. The van der Waals surface area contributed by atoms with Gasteiger partial charge in [0.1, 0.15) is 5.75 Å². The molecule has 0 atom stereocenters. The molecule has 0 saturated carbocycles. The first-order chi connectivity index (χ1) is 11.2. The number of hydrogen-bond acceptors (Lipinski definition) is 3. The lowest BCUT2D eigenvalue weighted by molar-refractivity contribution is -0.121. The van der Waals surface area contributed by atoms with Crippen LogP contribution in [0, 0.1) is 18.3 Å². The van der Waals surface area contributed by atoms with Crippen LogP contribution in [-0.2, 0) is 11.3 Å². The fraction of sp³-hybridized carbons (Fsp3) is 0.263. The van der Waals surface area contributed by atoms with Crippen LogP contribution < -0.4 is 10.1 Å². The molecule has 2 aromatic rings. The maximum absolute atomic E-state index is 11.8. The molecule has 2 rings (SSSR count). The number of ether oxygens (including phenoxy) is 1. The van der Waals surface area contributed by atoms with Gasteiger partial charge in [0.15, 0.2) is 0 Å². The average Bonchev–Trinajstić information content (AvgIpc) is 2.57. The largest absolute Gasteiger partial charge is 0.494 e. The summed E-state index contributed by atoms with van der Waals surface area (Å²) in [5.41, 5.74) is 2.75. The lowest BCUT2D eigenvalue weighted by Crippen LogP contribution is -2.22. The van der Waals surface area contributed by atoms with Crippen LogP contribution in [0.2, 0.25) is 0 Å². The van der Waals surface area contributed by atoms with Crippen molar-refractivity contribution in [2.45, 2.75) is 26.3 Å². The molecule has 0 aromatic heterocycles. The zero-order valence-electron chi connectivity index (χ0n) is 13.2. The predicted octanol–water partition coefficient (Wildman–Crippen LogP) is 3.34. The Morgan fingerprint density at radius 2 is 2.00 bits per heavy atom.